The lowest BCUT2D eigenvalue weighted by Gasteiger charge is -2.29. The molecule has 1 aromatic heterocycles. The van der Waals surface area contributed by atoms with Gasteiger partial charge in [-0.2, -0.15) is 18.3 Å². The van der Waals surface area contributed by atoms with Crippen molar-refractivity contribution >= 4 is 40.0 Å². The maximum atomic E-state index is 13.5. The molecule has 190 valence electrons. The van der Waals surface area contributed by atoms with E-state index in [0.717, 1.165) is 12.1 Å². The van der Waals surface area contributed by atoms with E-state index in [1.807, 2.05) is 0 Å². The third-order valence-electron chi connectivity index (χ3n) is 5.69. The lowest BCUT2D eigenvalue weighted by molar-refractivity contribution is -0.137. The SMILES string of the molecule is C[C@H](NC(=O)c1n[nH]c2cc(NC(=O)c3cc(N4CCOCC4)cc(C(F)(F)F)c3)ccc12)C(N)=O. The lowest BCUT2D eigenvalue weighted by atomic mass is 10.1. The van der Waals surface area contributed by atoms with E-state index in [-0.39, 0.29) is 22.6 Å². The highest BCUT2D eigenvalue weighted by Crippen LogP contribution is 2.33. The molecule has 0 aliphatic carbocycles. The van der Waals surface area contributed by atoms with E-state index in [1.165, 1.54) is 31.2 Å². The number of carbonyl (C=O) groups excluding carboxylic acids is 3. The molecule has 1 atom stereocenters. The molecule has 36 heavy (non-hydrogen) atoms. The summed E-state index contributed by atoms with van der Waals surface area (Å²) in [5.41, 5.74) is 5.04. The van der Waals surface area contributed by atoms with Crippen molar-refractivity contribution < 1.29 is 32.3 Å². The largest absolute Gasteiger partial charge is 0.416 e. The minimum Gasteiger partial charge on any atom is -0.378 e. The van der Waals surface area contributed by atoms with Crippen LogP contribution in [0.1, 0.15) is 33.3 Å². The molecule has 13 heteroatoms. The Labute approximate surface area is 203 Å². The maximum absolute atomic E-state index is 13.5. The number of aromatic nitrogens is 2. The number of primary amides is 1. The number of morpholine rings is 1. The van der Waals surface area contributed by atoms with Crippen molar-refractivity contribution in [2.24, 2.45) is 5.73 Å². The molecule has 0 bridgehead atoms. The molecule has 1 aliphatic heterocycles. The van der Waals surface area contributed by atoms with Crippen LogP contribution in [0.25, 0.3) is 10.9 Å². The van der Waals surface area contributed by atoms with Crippen LogP contribution in [0.2, 0.25) is 0 Å². The van der Waals surface area contributed by atoms with Gasteiger partial charge in [0.2, 0.25) is 5.91 Å². The Balaban J connectivity index is 1.57. The Bertz CT molecular complexity index is 1320. The van der Waals surface area contributed by atoms with Crippen LogP contribution in [0, 0.1) is 0 Å². The van der Waals surface area contributed by atoms with Gasteiger partial charge in [0, 0.05) is 35.4 Å². The summed E-state index contributed by atoms with van der Waals surface area (Å²) in [4.78, 5) is 38.2. The zero-order valence-electron chi connectivity index (χ0n) is 19.1. The van der Waals surface area contributed by atoms with Gasteiger partial charge in [-0.05, 0) is 43.3 Å². The molecule has 0 unspecified atom stereocenters. The number of anilines is 2. The second-order valence-corrected chi connectivity index (χ2v) is 8.25. The Morgan fingerprint density at radius 1 is 1.11 bits per heavy atom. The first-order valence-electron chi connectivity index (χ1n) is 11.0. The zero-order valence-corrected chi connectivity index (χ0v) is 19.1. The average Bonchev–Trinajstić information content (AvgIpc) is 3.27. The predicted octanol–water partition coefficient (Wildman–Crippen LogP) is 2.27. The van der Waals surface area contributed by atoms with Gasteiger partial charge >= 0.3 is 6.18 Å². The number of fused-ring (bicyclic) bond motifs is 1. The van der Waals surface area contributed by atoms with Gasteiger partial charge in [-0.25, -0.2) is 0 Å². The van der Waals surface area contributed by atoms with Crippen molar-refractivity contribution in [2.45, 2.75) is 19.1 Å². The van der Waals surface area contributed by atoms with Gasteiger partial charge in [-0.1, -0.05) is 0 Å². The van der Waals surface area contributed by atoms with Gasteiger partial charge in [-0.15, -0.1) is 0 Å². The fourth-order valence-corrected chi connectivity index (χ4v) is 3.72. The summed E-state index contributed by atoms with van der Waals surface area (Å²) in [6, 6.07) is 6.82. The van der Waals surface area contributed by atoms with Crippen molar-refractivity contribution in [1.82, 2.24) is 15.5 Å². The minimum absolute atomic E-state index is 0.0176. The minimum atomic E-state index is -4.63. The quantitative estimate of drug-likeness (QED) is 0.406. The third kappa shape index (κ3) is 5.40. The molecule has 5 N–H and O–H groups in total. The van der Waals surface area contributed by atoms with Gasteiger partial charge < -0.3 is 26.0 Å². The first-order valence-corrected chi connectivity index (χ1v) is 11.0. The molecule has 4 rings (SSSR count). The van der Waals surface area contributed by atoms with Crippen LogP contribution in [0.4, 0.5) is 24.5 Å². The molecule has 0 radical (unpaired) electrons. The smallest absolute Gasteiger partial charge is 0.378 e. The molecule has 2 aromatic carbocycles. The van der Waals surface area contributed by atoms with Crippen LogP contribution < -0.4 is 21.3 Å². The number of nitrogens with zero attached hydrogens (tertiary/aromatic N) is 2. The van der Waals surface area contributed by atoms with Crippen LogP contribution in [-0.4, -0.2) is 60.3 Å². The molecule has 1 fully saturated rings. The summed E-state index contributed by atoms with van der Waals surface area (Å²) in [5, 5.41) is 12.0. The summed E-state index contributed by atoms with van der Waals surface area (Å²) in [7, 11) is 0. The van der Waals surface area contributed by atoms with E-state index in [9.17, 15) is 27.6 Å². The van der Waals surface area contributed by atoms with E-state index < -0.39 is 35.5 Å². The van der Waals surface area contributed by atoms with Gasteiger partial charge in [-0.3, -0.25) is 19.5 Å². The lowest BCUT2D eigenvalue weighted by Crippen LogP contribution is -2.42. The number of carbonyl (C=O) groups is 3. The number of nitrogens with one attached hydrogen (secondary N) is 3. The molecular formula is C23H23F3N6O4. The standard InChI is InChI=1S/C23H23F3N6O4/c1-12(20(27)33)28-22(35)19-17-3-2-15(11-18(17)30-31-19)29-21(34)13-8-14(23(24,25)26)10-16(9-13)32-4-6-36-7-5-32/h2-3,8-12H,4-7H2,1H3,(H2,27,33)(H,28,35)(H,29,34)(H,30,31)/t12-/m0/s1. The van der Waals surface area contributed by atoms with Gasteiger partial charge in [0.15, 0.2) is 5.69 Å². The summed E-state index contributed by atoms with van der Waals surface area (Å²) in [6.07, 6.45) is -4.63. The molecule has 2 heterocycles. The van der Waals surface area contributed by atoms with E-state index in [0.29, 0.717) is 37.2 Å². The van der Waals surface area contributed by atoms with Crippen molar-refractivity contribution in [1.29, 1.82) is 0 Å². The number of ether oxygens (including phenoxy) is 1. The van der Waals surface area contributed by atoms with Crippen LogP contribution in [0.5, 0.6) is 0 Å². The molecule has 1 aliphatic rings. The second-order valence-electron chi connectivity index (χ2n) is 8.25. The Morgan fingerprint density at radius 3 is 2.50 bits per heavy atom. The zero-order chi connectivity index (χ0) is 26.0. The first-order chi connectivity index (χ1) is 17.0. The summed E-state index contributed by atoms with van der Waals surface area (Å²) < 4.78 is 45.8. The van der Waals surface area contributed by atoms with Crippen molar-refractivity contribution in [3.8, 4) is 0 Å². The first kappa shape index (κ1) is 25.0. The number of rotatable bonds is 6. The number of aromatic amines is 1. The maximum Gasteiger partial charge on any atom is 0.416 e. The van der Waals surface area contributed by atoms with Gasteiger partial charge in [0.05, 0.1) is 24.3 Å². The Kier molecular flexibility index (Phi) is 6.84. The van der Waals surface area contributed by atoms with Crippen molar-refractivity contribution in [2.75, 3.05) is 36.5 Å². The van der Waals surface area contributed by atoms with Crippen LogP contribution in [0.15, 0.2) is 36.4 Å². The van der Waals surface area contributed by atoms with Gasteiger partial charge in [0.1, 0.15) is 6.04 Å². The number of benzene rings is 2. The monoisotopic (exact) mass is 504 g/mol. The molecule has 3 amide bonds. The fourth-order valence-electron chi connectivity index (χ4n) is 3.72. The highest BCUT2D eigenvalue weighted by Gasteiger charge is 2.32. The predicted molar refractivity (Wildman–Crippen MR) is 125 cm³/mol. The summed E-state index contributed by atoms with van der Waals surface area (Å²) >= 11 is 0. The van der Waals surface area contributed by atoms with E-state index in [4.69, 9.17) is 10.5 Å². The fraction of sp³-hybridized carbons (Fsp3) is 0.304. The average molecular weight is 504 g/mol. The van der Waals surface area contributed by atoms with Crippen molar-refractivity contribution in [3.05, 3.63) is 53.2 Å². The number of nitrogens with two attached hydrogens (primary N) is 1. The molecular weight excluding hydrogens is 481 g/mol. The van der Waals surface area contributed by atoms with E-state index >= 15 is 0 Å². The topological polar surface area (TPSA) is 142 Å². The summed E-state index contributed by atoms with van der Waals surface area (Å²) in [5.74, 6) is -2.06. The number of alkyl halides is 3. The number of amides is 3. The Morgan fingerprint density at radius 2 is 1.83 bits per heavy atom. The highest BCUT2D eigenvalue weighted by atomic mass is 19.4. The normalized spacial score (nSPS) is 14.9. The number of H-pyrrole nitrogens is 1. The molecule has 0 saturated carbocycles. The molecule has 1 saturated heterocycles. The van der Waals surface area contributed by atoms with E-state index in [1.54, 1.807) is 4.90 Å². The molecule has 10 nitrogen and oxygen atoms in total. The number of halogens is 3. The van der Waals surface area contributed by atoms with Crippen LogP contribution >= 0.6 is 0 Å². The third-order valence-corrected chi connectivity index (χ3v) is 5.69. The number of hydrogen-bond acceptors (Lipinski definition) is 6. The Hall–Kier alpha value is -4.13. The number of hydrogen-bond donors (Lipinski definition) is 4. The van der Waals surface area contributed by atoms with Crippen LogP contribution in [0.3, 0.4) is 0 Å². The summed E-state index contributed by atoms with van der Waals surface area (Å²) in [6.45, 7) is 3.01. The molecule has 0 spiro atoms. The van der Waals surface area contributed by atoms with E-state index in [2.05, 4.69) is 20.8 Å². The van der Waals surface area contributed by atoms with Crippen molar-refractivity contribution in [3.63, 3.8) is 0 Å². The van der Waals surface area contributed by atoms with Gasteiger partial charge in [0.25, 0.3) is 11.8 Å². The second kappa shape index (κ2) is 9.85. The van der Waals surface area contributed by atoms with Crippen LogP contribution in [-0.2, 0) is 15.7 Å². The molecule has 3 aromatic rings. The highest BCUT2D eigenvalue weighted by molar-refractivity contribution is 6.08.